The molecule has 0 saturated heterocycles. The van der Waals surface area contributed by atoms with E-state index in [0.717, 1.165) is 12.0 Å². The maximum atomic E-state index is 11.8. The van der Waals surface area contributed by atoms with E-state index in [-0.39, 0.29) is 11.6 Å². The fourth-order valence-corrected chi connectivity index (χ4v) is 1.97. The van der Waals surface area contributed by atoms with Crippen LogP contribution in [0.3, 0.4) is 0 Å². The van der Waals surface area contributed by atoms with Crippen molar-refractivity contribution in [1.29, 1.82) is 0 Å². The van der Waals surface area contributed by atoms with Crippen molar-refractivity contribution in [2.45, 2.75) is 13.3 Å². The van der Waals surface area contributed by atoms with Gasteiger partial charge in [-0.2, -0.15) is 0 Å². The van der Waals surface area contributed by atoms with Crippen LogP contribution in [0, 0.1) is 0 Å². The minimum Gasteiger partial charge on any atom is -0.478 e. The molecule has 0 atom stereocenters. The minimum absolute atomic E-state index is 0.172. The Hall–Kier alpha value is -2.04. The number of nitrogens with one attached hydrogen (secondary N) is 1. The minimum atomic E-state index is -0.976. The van der Waals surface area contributed by atoms with Crippen LogP contribution in [-0.2, 0) is 6.42 Å². The van der Waals surface area contributed by atoms with E-state index in [1.54, 1.807) is 23.1 Å². The zero-order valence-electron chi connectivity index (χ0n) is 9.56. The molecule has 0 bridgehead atoms. The van der Waals surface area contributed by atoms with Gasteiger partial charge in [0, 0.05) is 18.8 Å². The molecule has 5 heteroatoms. The Morgan fingerprint density at radius 3 is 2.88 bits per heavy atom. The molecule has 1 aromatic carbocycles. The highest BCUT2D eigenvalue weighted by Crippen LogP contribution is 2.29. The zero-order chi connectivity index (χ0) is 12.4. The van der Waals surface area contributed by atoms with E-state index in [4.69, 9.17) is 5.11 Å². The van der Waals surface area contributed by atoms with Crippen molar-refractivity contribution in [3.63, 3.8) is 0 Å². The number of carbonyl (C=O) groups is 2. The lowest BCUT2D eigenvalue weighted by atomic mass is 10.1. The summed E-state index contributed by atoms with van der Waals surface area (Å²) in [6, 6.07) is 4.73. The highest BCUT2D eigenvalue weighted by molar-refractivity contribution is 5.96. The number of amides is 2. The number of carbonyl (C=O) groups excluding carboxylic acids is 1. The Morgan fingerprint density at radius 2 is 2.24 bits per heavy atom. The predicted octanol–water partition coefficient (Wildman–Crippen LogP) is 1.48. The van der Waals surface area contributed by atoms with E-state index >= 15 is 0 Å². The van der Waals surface area contributed by atoms with E-state index in [9.17, 15) is 9.59 Å². The normalized spacial score (nSPS) is 13.4. The third-order valence-electron chi connectivity index (χ3n) is 2.80. The maximum Gasteiger partial charge on any atom is 0.335 e. The van der Waals surface area contributed by atoms with Crippen molar-refractivity contribution in [1.82, 2.24) is 5.32 Å². The molecule has 0 aromatic heterocycles. The summed E-state index contributed by atoms with van der Waals surface area (Å²) in [7, 11) is 0. The third kappa shape index (κ3) is 2.08. The van der Waals surface area contributed by atoms with Gasteiger partial charge in [0.15, 0.2) is 0 Å². The van der Waals surface area contributed by atoms with Crippen LogP contribution in [0.25, 0.3) is 0 Å². The number of rotatable bonds is 2. The van der Waals surface area contributed by atoms with Gasteiger partial charge in [-0.15, -0.1) is 0 Å². The molecule has 5 nitrogen and oxygen atoms in total. The van der Waals surface area contributed by atoms with Gasteiger partial charge in [-0.05, 0) is 31.0 Å². The van der Waals surface area contributed by atoms with Crippen molar-refractivity contribution >= 4 is 17.7 Å². The second-order valence-electron chi connectivity index (χ2n) is 3.89. The van der Waals surface area contributed by atoms with Crippen LogP contribution in [0.2, 0.25) is 0 Å². The number of benzene rings is 1. The molecule has 1 aromatic rings. The number of carboxylic acid groups (broad SMARTS) is 1. The molecule has 0 aliphatic carbocycles. The zero-order valence-corrected chi connectivity index (χ0v) is 9.56. The summed E-state index contributed by atoms with van der Waals surface area (Å²) in [5, 5.41) is 11.6. The Morgan fingerprint density at radius 1 is 1.47 bits per heavy atom. The Kier molecular flexibility index (Phi) is 2.99. The second kappa shape index (κ2) is 4.45. The lowest BCUT2D eigenvalue weighted by Crippen LogP contribution is -2.38. The van der Waals surface area contributed by atoms with Gasteiger partial charge in [0.05, 0.1) is 5.56 Å². The first-order chi connectivity index (χ1) is 8.13. The van der Waals surface area contributed by atoms with Crippen LogP contribution in [0.1, 0.15) is 22.8 Å². The topological polar surface area (TPSA) is 69.6 Å². The molecule has 1 aliphatic heterocycles. The van der Waals surface area contributed by atoms with Gasteiger partial charge in [0.25, 0.3) is 0 Å². The quantitative estimate of drug-likeness (QED) is 0.814. The average Bonchev–Trinajstić information content (AvgIpc) is 2.71. The number of fused-ring (bicyclic) bond motifs is 1. The molecule has 0 unspecified atom stereocenters. The van der Waals surface area contributed by atoms with E-state index in [0.29, 0.717) is 18.8 Å². The number of urea groups is 1. The Balaban J connectivity index is 2.32. The third-order valence-corrected chi connectivity index (χ3v) is 2.80. The largest absolute Gasteiger partial charge is 0.478 e. The molecule has 2 amide bonds. The molecule has 0 radical (unpaired) electrons. The highest BCUT2D eigenvalue weighted by atomic mass is 16.4. The second-order valence-corrected chi connectivity index (χ2v) is 3.89. The molecule has 0 spiro atoms. The van der Waals surface area contributed by atoms with E-state index < -0.39 is 5.97 Å². The number of hydrogen-bond acceptors (Lipinski definition) is 2. The summed E-state index contributed by atoms with van der Waals surface area (Å²) in [4.78, 5) is 24.2. The van der Waals surface area contributed by atoms with Crippen molar-refractivity contribution in [2.75, 3.05) is 18.0 Å². The standard InChI is InChI=1S/C12H14N2O3/c1-2-13-12(17)14-6-5-8-3-4-9(11(15)16)7-10(8)14/h3-4,7H,2,5-6H2,1H3,(H,13,17)(H,15,16). The molecule has 1 heterocycles. The lowest BCUT2D eigenvalue weighted by Gasteiger charge is -2.17. The molecule has 2 N–H and O–H groups in total. The molecular weight excluding hydrogens is 220 g/mol. The van der Waals surface area contributed by atoms with Gasteiger partial charge in [-0.1, -0.05) is 6.07 Å². The first-order valence-corrected chi connectivity index (χ1v) is 5.55. The molecule has 0 fully saturated rings. The summed E-state index contributed by atoms with van der Waals surface area (Å²) in [6.45, 7) is 3.01. The molecule has 17 heavy (non-hydrogen) atoms. The maximum absolute atomic E-state index is 11.8. The van der Waals surface area contributed by atoms with Crippen LogP contribution in [-0.4, -0.2) is 30.2 Å². The molecule has 2 rings (SSSR count). The van der Waals surface area contributed by atoms with Gasteiger partial charge in [0.2, 0.25) is 0 Å². The highest BCUT2D eigenvalue weighted by Gasteiger charge is 2.25. The van der Waals surface area contributed by atoms with Crippen molar-refractivity contribution in [2.24, 2.45) is 0 Å². The van der Waals surface area contributed by atoms with Crippen LogP contribution in [0.15, 0.2) is 18.2 Å². The SMILES string of the molecule is CCNC(=O)N1CCc2ccc(C(=O)O)cc21. The fourth-order valence-electron chi connectivity index (χ4n) is 1.97. The number of nitrogens with zero attached hydrogens (tertiary/aromatic N) is 1. The summed E-state index contributed by atoms with van der Waals surface area (Å²) in [5.74, 6) is -0.976. The molecule has 0 saturated carbocycles. The van der Waals surface area contributed by atoms with Crippen LogP contribution >= 0.6 is 0 Å². The molecular formula is C12H14N2O3. The smallest absolute Gasteiger partial charge is 0.335 e. The van der Waals surface area contributed by atoms with E-state index in [2.05, 4.69) is 5.32 Å². The number of carboxylic acids is 1. The van der Waals surface area contributed by atoms with Gasteiger partial charge < -0.3 is 10.4 Å². The van der Waals surface area contributed by atoms with Gasteiger partial charge in [0.1, 0.15) is 0 Å². The number of hydrogen-bond donors (Lipinski definition) is 2. The van der Waals surface area contributed by atoms with Gasteiger partial charge in [-0.3, -0.25) is 4.90 Å². The molecule has 90 valence electrons. The summed E-state index contributed by atoms with van der Waals surface area (Å²) in [6.07, 6.45) is 0.770. The monoisotopic (exact) mass is 234 g/mol. The Labute approximate surface area is 99.0 Å². The van der Waals surface area contributed by atoms with E-state index in [1.165, 1.54) is 0 Å². The van der Waals surface area contributed by atoms with Gasteiger partial charge >= 0.3 is 12.0 Å². The van der Waals surface area contributed by atoms with Crippen LogP contribution in [0.4, 0.5) is 10.5 Å². The fraction of sp³-hybridized carbons (Fsp3) is 0.333. The number of anilines is 1. The van der Waals surface area contributed by atoms with Gasteiger partial charge in [-0.25, -0.2) is 9.59 Å². The first kappa shape index (κ1) is 11.4. The summed E-state index contributed by atoms with van der Waals surface area (Å²) < 4.78 is 0. The molecule has 1 aliphatic rings. The summed E-state index contributed by atoms with van der Waals surface area (Å²) in [5.41, 5.74) is 1.93. The summed E-state index contributed by atoms with van der Waals surface area (Å²) >= 11 is 0. The predicted molar refractivity (Wildman–Crippen MR) is 63.5 cm³/mol. The Bertz CT molecular complexity index is 471. The van der Waals surface area contributed by atoms with Crippen molar-refractivity contribution in [3.8, 4) is 0 Å². The number of aromatic carboxylic acids is 1. The lowest BCUT2D eigenvalue weighted by molar-refractivity contribution is 0.0697. The average molecular weight is 234 g/mol. The van der Waals surface area contributed by atoms with Crippen molar-refractivity contribution < 1.29 is 14.7 Å². The van der Waals surface area contributed by atoms with Crippen LogP contribution in [0.5, 0.6) is 0 Å². The van der Waals surface area contributed by atoms with Crippen molar-refractivity contribution in [3.05, 3.63) is 29.3 Å². The van der Waals surface area contributed by atoms with E-state index in [1.807, 2.05) is 6.92 Å². The first-order valence-electron chi connectivity index (χ1n) is 5.55. The van der Waals surface area contributed by atoms with Crippen LogP contribution < -0.4 is 10.2 Å².